The minimum Gasteiger partial charge on any atom is -0.477 e. The number of oxime groups is 1. The van der Waals surface area contributed by atoms with Crippen LogP contribution in [0.1, 0.15) is 12.7 Å². The second kappa shape index (κ2) is 14.1. The van der Waals surface area contributed by atoms with Crippen LogP contribution in [-0.2, 0) is 39.7 Å². The number of aromatic nitrogens is 4. The molecule has 0 saturated carbocycles. The number of β-lactam (4-membered cyclic amide) rings is 1. The lowest BCUT2D eigenvalue weighted by molar-refractivity contribution is -0.671. The van der Waals surface area contributed by atoms with E-state index < -0.39 is 61.4 Å². The summed E-state index contributed by atoms with van der Waals surface area (Å²) in [4.78, 5) is 81.0. The van der Waals surface area contributed by atoms with Gasteiger partial charge in [-0.05, 0) is 6.92 Å². The molecule has 0 aliphatic carbocycles. The molecule has 25 heteroatoms. The third-order valence-corrected chi connectivity index (χ3v) is 12.5. The summed E-state index contributed by atoms with van der Waals surface area (Å²) in [5.74, 6) is -3.20. The number of fused-ring (bicyclic) bond motifs is 1. The zero-order valence-electron chi connectivity index (χ0n) is 23.8. The molecule has 5 heterocycles. The van der Waals surface area contributed by atoms with E-state index in [-0.39, 0.29) is 18.1 Å². The second-order valence-corrected chi connectivity index (χ2v) is 16.2. The lowest BCUT2D eigenvalue weighted by atomic mass is 10.0. The van der Waals surface area contributed by atoms with Crippen LogP contribution in [0.25, 0.3) is 11.3 Å². The van der Waals surface area contributed by atoms with Crippen molar-refractivity contribution in [2.75, 3.05) is 17.4 Å². The summed E-state index contributed by atoms with van der Waals surface area (Å²) in [7, 11) is -8.54. The number of aryl methyl sites for hydroxylation is 1. The van der Waals surface area contributed by atoms with Gasteiger partial charge in [-0.3, -0.25) is 19.6 Å². The number of thiazole rings is 1. The van der Waals surface area contributed by atoms with Crippen molar-refractivity contribution in [3.05, 3.63) is 46.3 Å². The fraction of sp³-hybridized carbons (Fsp3) is 0.273. The molecule has 2 aliphatic heterocycles. The number of carboxylic acid groups (broad SMARTS) is 1. The molecule has 2 unspecified atom stereocenters. The maximum atomic E-state index is 13.2. The summed E-state index contributed by atoms with van der Waals surface area (Å²) in [5.41, 5.74) is 0.859. The van der Waals surface area contributed by atoms with Crippen LogP contribution in [0.2, 0.25) is 0 Å². The quantitative estimate of drug-likeness (QED) is 0.0471. The van der Waals surface area contributed by atoms with Crippen LogP contribution in [0.4, 0.5) is 5.13 Å². The summed E-state index contributed by atoms with van der Waals surface area (Å²) >= 11 is 4.15. The third-order valence-electron chi connectivity index (χ3n) is 5.98. The number of hydrogen-bond acceptors (Lipinski definition) is 15. The molecule has 19 nitrogen and oxygen atoms in total. The predicted molar refractivity (Wildman–Crippen MR) is 169 cm³/mol. The van der Waals surface area contributed by atoms with Crippen molar-refractivity contribution in [1.29, 1.82) is 0 Å². The Morgan fingerprint density at radius 2 is 1.96 bits per heavy atom. The molecule has 0 spiro atoms. The van der Waals surface area contributed by atoms with Crippen molar-refractivity contribution in [2.45, 2.75) is 22.7 Å². The van der Waals surface area contributed by atoms with Crippen LogP contribution in [0.15, 0.2) is 50.0 Å². The highest BCUT2D eigenvalue weighted by atomic mass is 32.2. The predicted octanol–water partition coefficient (Wildman–Crippen LogP) is 1.34. The van der Waals surface area contributed by atoms with Crippen molar-refractivity contribution in [3.8, 4) is 11.3 Å². The van der Waals surface area contributed by atoms with E-state index in [0.29, 0.717) is 20.8 Å². The maximum absolute atomic E-state index is 13.2. The van der Waals surface area contributed by atoms with E-state index in [2.05, 4.69) is 29.1 Å². The summed E-state index contributed by atoms with van der Waals surface area (Å²) < 4.78 is 33.0. The lowest BCUT2D eigenvalue weighted by Gasteiger charge is -2.49. The number of anilines is 1. The minimum atomic E-state index is -5.35. The Labute approximate surface area is 281 Å². The van der Waals surface area contributed by atoms with Crippen LogP contribution >= 0.6 is 62.0 Å². The van der Waals surface area contributed by atoms with Crippen LogP contribution < -0.4 is 15.0 Å². The smallest absolute Gasteiger partial charge is 0.477 e. The fourth-order valence-corrected chi connectivity index (χ4v) is 10.1. The second-order valence-electron chi connectivity index (χ2n) is 9.28. The van der Waals surface area contributed by atoms with Crippen molar-refractivity contribution < 1.29 is 57.0 Å². The van der Waals surface area contributed by atoms with Crippen molar-refractivity contribution in [3.63, 3.8) is 0 Å². The van der Waals surface area contributed by atoms with Gasteiger partial charge in [-0.25, -0.2) is 23.5 Å². The van der Waals surface area contributed by atoms with Gasteiger partial charge in [0.15, 0.2) is 16.7 Å². The van der Waals surface area contributed by atoms with Gasteiger partial charge in [0.25, 0.3) is 11.8 Å². The zero-order valence-corrected chi connectivity index (χ0v) is 28.9. The summed E-state index contributed by atoms with van der Waals surface area (Å²) in [6.07, 6.45) is 3.76. The van der Waals surface area contributed by atoms with Gasteiger partial charge in [-0.1, -0.05) is 16.9 Å². The highest BCUT2D eigenvalue weighted by Crippen LogP contribution is 2.56. The number of phosphoric acid groups is 1. The number of carbonyl (C=O) groups excluding carboxylic acids is 2. The molecule has 5 rings (SSSR count). The van der Waals surface area contributed by atoms with Gasteiger partial charge in [-0.2, -0.15) is 13.7 Å². The molecular weight excluding hydrogens is 743 g/mol. The molecular formula is C22H23N8O11P2S4+. The van der Waals surface area contributed by atoms with Crippen molar-refractivity contribution in [2.24, 2.45) is 12.2 Å². The van der Waals surface area contributed by atoms with Crippen molar-refractivity contribution >= 4 is 90.6 Å². The zero-order chi connectivity index (χ0) is 34.1. The van der Waals surface area contributed by atoms with E-state index in [1.165, 1.54) is 23.1 Å². The molecule has 1 saturated heterocycles. The minimum absolute atomic E-state index is 0.0144. The van der Waals surface area contributed by atoms with Gasteiger partial charge in [0.1, 0.15) is 30.8 Å². The Kier molecular flexibility index (Phi) is 10.5. The number of nitrogens with one attached hydrogen (secondary N) is 2. The first-order valence-electron chi connectivity index (χ1n) is 12.9. The summed E-state index contributed by atoms with van der Waals surface area (Å²) in [6.45, 7) is 1.58. The molecule has 3 atom stereocenters. The number of thioether (sulfide) groups is 2. The molecule has 47 heavy (non-hydrogen) atoms. The lowest BCUT2D eigenvalue weighted by Crippen LogP contribution is -2.71. The van der Waals surface area contributed by atoms with Crippen molar-refractivity contribution in [1.82, 2.24) is 24.6 Å². The van der Waals surface area contributed by atoms with Crippen LogP contribution in [0.5, 0.6) is 0 Å². The number of aliphatic carboxylic acids is 1. The normalized spacial score (nSPS) is 19.5. The first-order chi connectivity index (χ1) is 22.2. The molecule has 6 N–H and O–H groups in total. The number of carbonyl (C=O) groups is 3. The van der Waals surface area contributed by atoms with Gasteiger partial charge >= 0.3 is 21.5 Å². The van der Waals surface area contributed by atoms with E-state index >= 15 is 0 Å². The molecule has 3 aromatic rings. The molecule has 3 aromatic heterocycles. The Bertz CT molecular complexity index is 1880. The standard InChI is InChI=1S/C22H22N8O11P2S4/c1-3-40-26-13(16-25-21(47-28-16)27-42(35,36)41-43(37,38)39)17(31)24-14-18(32)30-15(20(33)34)12(9-44-19(14)30)46-22-23-11(8-45-22)10-4-6-29(2)7-5-10/h4-8,14,19H,3,9H2,1-2H3,(H5-,24,25,27,28,31,33,34,35,36,37,38,39)/p+1/b26-13-/t14-,19?/m1/s1. The van der Waals surface area contributed by atoms with Gasteiger partial charge in [0, 0.05) is 45.3 Å². The molecule has 2 amide bonds. The Morgan fingerprint density at radius 1 is 1.23 bits per heavy atom. The number of carboxylic acids is 1. The number of hydrogen-bond donors (Lipinski definition) is 6. The maximum Gasteiger partial charge on any atom is 0.478 e. The van der Waals surface area contributed by atoms with E-state index in [1.807, 2.05) is 41.5 Å². The molecule has 250 valence electrons. The number of rotatable bonds is 13. The van der Waals surface area contributed by atoms with Gasteiger partial charge in [0.2, 0.25) is 16.7 Å². The number of nitrogens with zero attached hydrogens (tertiary/aromatic N) is 6. The number of amides is 2. The average Bonchev–Trinajstić information content (AvgIpc) is 3.64. The monoisotopic (exact) mass is 765 g/mol. The first-order valence-corrected chi connectivity index (χ1v) is 19.5. The Balaban J connectivity index is 1.30. The SMILES string of the molecule is CCO/N=C(\C(=O)N[C@@H]1C(=O)N2C(C(=O)O)=C(Sc3nc(-c4cc[n+](C)cc4)cs3)CSC12)c1nsc(NP(=O)(O)OP(=O)(O)O)n1. The fourth-order valence-electron chi connectivity index (χ4n) is 4.06. The largest absolute Gasteiger partial charge is 0.478 e. The molecule has 0 bridgehead atoms. The number of pyridine rings is 1. The van der Waals surface area contributed by atoms with Crippen LogP contribution in [0, 0.1) is 0 Å². The van der Waals surface area contributed by atoms with E-state index in [9.17, 15) is 33.5 Å². The van der Waals surface area contributed by atoms with Gasteiger partial charge in [0.05, 0.1) is 5.69 Å². The third kappa shape index (κ3) is 8.26. The molecule has 0 aromatic carbocycles. The van der Waals surface area contributed by atoms with Gasteiger partial charge < -0.3 is 29.9 Å². The molecule has 2 aliphatic rings. The summed E-state index contributed by atoms with van der Waals surface area (Å²) in [6, 6.07) is 2.66. The van der Waals surface area contributed by atoms with Crippen LogP contribution in [-0.4, -0.2) is 86.3 Å². The highest BCUT2D eigenvalue weighted by molar-refractivity contribution is 8.07. The van der Waals surface area contributed by atoms with Crippen LogP contribution in [0.3, 0.4) is 0 Å². The molecule has 1 fully saturated rings. The average molecular weight is 766 g/mol. The van der Waals surface area contributed by atoms with E-state index in [1.54, 1.807) is 12.0 Å². The summed E-state index contributed by atoms with van der Waals surface area (Å²) in [5, 5.41) is 18.6. The van der Waals surface area contributed by atoms with E-state index in [0.717, 1.165) is 27.9 Å². The topological polar surface area (TPSA) is 267 Å². The highest BCUT2D eigenvalue weighted by Gasteiger charge is 2.54. The Hall–Kier alpha value is -3.24. The van der Waals surface area contributed by atoms with Gasteiger partial charge in [-0.15, -0.1) is 23.1 Å². The Morgan fingerprint density at radius 3 is 2.62 bits per heavy atom. The first kappa shape index (κ1) is 35.1. The van der Waals surface area contributed by atoms with E-state index in [4.69, 9.17) is 14.6 Å². The molecule has 0 radical (unpaired) electrons.